The van der Waals surface area contributed by atoms with Crippen molar-refractivity contribution in [3.05, 3.63) is 60.7 Å². The van der Waals surface area contributed by atoms with Crippen molar-refractivity contribution in [3.8, 4) is 0 Å². The molecule has 20 heteroatoms. The van der Waals surface area contributed by atoms with Gasteiger partial charge in [-0.15, -0.1) is 23.5 Å². The summed E-state index contributed by atoms with van der Waals surface area (Å²) in [7, 11) is -7.33. The number of nitrogens with two attached hydrogens (primary N) is 2. The van der Waals surface area contributed by atoms with Crippen molar-refractivity contribution in [2.24, 2.45) is 11.5 Å². The van der Waals surface area contributed by atoms with Gasteiger partial charge in [0.25, 0.3) is 20.2 Å². The Labute approximate surface area is 304 Å². The summed E-state index contributed by atoms with van der Waals surface area (Å²) in [4.78, 5) is 29.8. The van der Waals surface area contributed by atoms with Crippen LogP contribution < -0.4 is 22.1 Å². The van der Waals surface area contributed by atoms with Crippen LogP contribution in [0.15, 0.2) is 70.5 Å². The van der Waals surface area contributed by atoms with E-state index >= 15 is 0 Å². The average molecular weight is 779 g/mol. The largest absolute Gasteiger partial charge is 0.370 e. The van der Waals surface area contributed by atoms with Gasteiger partial charge in [0.15, 0.2) is 11.9 Å². The average Bonchev–Trinajstić information content (AvgIpc) is 3.01. The molecule has 2 aromatic rings. The van der Waals surface area contributed by atoms with Gasteiger partial charge in [0.05, 0.1) is 12.5 Å². The lowest BCUT2D eigenvalue weighted by Gasteiger charge is -2.22. The summed E-state index contributed by atoms with van der Waals surface area (Å²) in [5.41, 5.74) is 11.3. The van der Waals surface area contributed by atoms with Gasteiger partial charge in [-0.3, -0.25) is 29.7 Å². The van der Waals surface area contributed by atoms with Crippen LogP contribution in [0.1, 0.15) is 38.5 Å². The van der Waals surface area contributed by atoms with Crippen LogP contribution in [0.3, 0.4) is 0 Å². The topological polar surface area (TPSA) is 273 Å². The molecule has 10 N–H and O–H groups in total. The van der Waals surface area contributed by atoms with Gasteiger partial charge in [-0.1, -0.05) is 49.2 Å². The van der Waals surface area contributed by atoms with Crippen LogP contribution in [0.5, 0.6) is 0 Å². The highest BCUT2D eigenvalue weighted by atomic mass is 32.2. The zero-order chi connectivity index (χ0) is 38.0. The second-order valence-electron chi connectivity index (χ2n) is 10.4. The van der Waals surface area contributed by atoms with Crippen molar-refractivity contribution in [2.45, 2.75) is 48.3 Å². The summed E-state index contributed by atoms with van der Waals surface area (Å²) in [6.07, 6.45) is 5.96. The number of nitrogens with zero attached hydrogens (tertiary/aromatic N) is 2. The van der Waals surface area contributed by atoms with E-state index in [0.717, 1.165) is 37.2 Å². The molecule has 0 radical (unpaired) electrons. The molecule has 0 saturated heterocycles. The first-order valence-corrected chi connectivity index (χ1v) is 21.0. The molecule has 2 rings (SSSR count). The zero-order valence-corrected chi connectivity index (χ0v) is 31.6. The van der Waals surface area contributed by atoms with Crippen molar-refractivity contribution < 1.29 is 35.5 Å². The number of guanidine groups is 2. The number of rotatable bonds is 17. The molecule has 2 aromatic carbocycles. The SMILES string of the molecule is CS(=O)(=O)O.CS(=O)(=O)O.N=C(N)N(CCCCCCN(C(=N)N)C(=O)NCCCSc1ccccc1)C(=O)NCCCSc1ccccc1. The molecule has 16 nitrogen and oxygen atoms in total. The molecule has 0 aliphatic heterocycles. The number of hydrogen-bond donors (Lipinski definition) is 8. The zero-order valence-electron chi connectivity index (χ0n) is 28.3. The normalized spacial score (nSPS) is 10.7. The Balaban J connectivity index is 0.00000210. The van der Waals surface area contributed by atoms with E-state index in [1.165, 1.54) is 19.6 Å². The van der Waals surface area contributed by atoms with Gasteiger partial charge >= 0.3 is 12.1 Å². The third-order valence-electron chi connectivity index (χ3n) is 5.80. The smallest absolute Gasteiger partial charge is 0.324 e. The molecular formula is C30H50N8O8S4. The fraction of sp³-hybridized carbons (Fsp3) is 0.467. The molecule has 0 aliphatic rings. The summed E-state index contributed by atoms with van der Waals surface area (Å²) in [5, 5.41) is 21.2. The highest BCUT2D eigenvalue weighted by Crippen LogP contribution is 2.18. The Morgan fingerprint density at radius 2 is 0.940 bits per heavy atom. The first kappa shape index (κ1) is 46.4. The van der Waals surface area contributed by atoms with Crippen LogP contribution in [0.4, 0.5) is 9.59 Å². The van der Waals surface area contributed by atoms with E-state index < -0.39 is 20.2 Å². The second-order valence-corrected chi connectivity index (χ2v) is 15.7. The van der Waals surface area contributed by atoms with E-state index in [1.54, 1.807) is 23.5 Å². The summed E-state index contributed by atoms with van der Waals surface area (Å²) in [6, 6.07) is 19.5. The number of thioether (sulfide) groups is 2. The summed E-state index contributed by atoms with van der Waals surface area (Å²) >= 11 is 3.47. The summed E-state index contributed by atoms with van der Waals surface area (Å²) in [6.45, 7) is 1.71. The van der Waals surface area contributed by atoms with Crippen molar-refractivity contribution in [1.29, 1.82) is 10.8 Å². The molecule has 0 atom stereocenters. The minimum absolute atomic E-state index is 0.280. The molecule has 0 aromatic heterocycles. The molecule has 0 heterocycles. The predicted molar refractivity (Wildman–Crippen MR) is 201 cm³/mol. The van der Waals surface area contributed by atoms with Gasteiger partial charge in [-0.25, -0.2) is 9.59 Å². The van der Waals surface area contributed by atoms with Crippen LogP contribution in [0.2, 0.25) is 0 Å². The van der Waals surface area contributed by atoms with E-state index in [9.17, 15) is 26.4 Å². The molecule has 0 spiro atoms. The minimum Gasteiger partial charge on any atom is -0.370 e. The first-order chi connectivity index (χ1) is 23.4. The monoisotopic (exact) mass is 778 g/mol. The number of carbonyl (C=O) groups excluding carboxylic acids is 2. The van der Waals surface area contributed by atoms with Crippen molar-refractivity contribution >= 4 is 67.7 Å². The van der Waals surface area contributed by atoms with Gasteiger partial charge in [0.2, 0.25) is 0 Å². The second kappa shape index (κ2) is 26.3. The van der Waals surface area contributed by atoms with E-state index in [1.807, 2.05) is 36.4 Å². The van der Waals surface area contributed by atoms with Crippen LogP contribution in [0, 0.1) is 10.8 Å². The van der Waals surface area contributed by atoms with Crippen molar-refractivity contribution in [2.75, 3.05) is 50.2 Å². The molecule has 0 aliphatic carbocycles. The molecular weight excluding hydrogens is 729 g/mol. The Hall–Kier alpha value is -3.56. The maximum Gasteiger partial charge on any atom is 0.324 e. The van der Waals surface area contributed by atoms with Crippen molar-refractivity contribution in [3.63, 3.8) is 0 Å². The van der Waals surface area contributed by atoms with Gasteiger partial charge < -0.3 is 22.1 Å². The van der Waals surface area contributed by atoms with Crippen LogP contribution in [0.25, 0.3) is 0 Å². The molecule has 0 saturated carbocycles. The van der Waals surface area contributed by atoms with Gasteiger partial charge in [-0.2, -0.15) is 16.8 Å². The lowest BCUT2D eigenvalue weighted by atomic mass is 10.2. The van der Waals surface area contributed by atoms with Gasteiger partial charge in [-0.05, 0) is 61.5 Å². The Bertz CT molecular complexity index is 1370. The highest BCUT2D eigenvalue weighted by molar-refractivity contribution is 7.99. The number of nitrogens with one attached hydrogen (secondary N) is 4. The minimum atomic E-state index is -3.67. The number of hydrogen-bond acceptors (Lipinski definition) is 10. The fourth-order valence-corrected chi connectivity index (χ4v) is 5.44. The quantitative estimate of drug-likeness (QED) is 0.0375. The highest BCUT2D eigenvalue weighted by Gasteiger charge is 2.17. The standard InChI is InChI=1S/C28H42N8O2S2.2CH4O3S/c29-25(30)35(27(37)33-17-11-21-39-23-13-5-3-6-14-23)19-9-1-2-10-20-36(26(31)32)28(38)34-18-12-22-40-24-15-7-4-8-16-24;2*1-5(2,3)4/h3-8,13-16H,1-2,9-12,17-22H2,(H3,29,30)(H3,31,32)(H,33,37)(H,34,38);2*1H3,(H,2,3,4). The Morgan fingerprint density at radius 3 is 1.22 bits per heavy atom. The third-order valence-corrected chi connectivity index (χ3v) is 8.00. The van der Waals surface area contributed by atoms with E-state index in [-0.39, 0.29) is 24.0 Å². The lowest BCUT2D eigenvalue weighted by molar-refractivity contribution is 0.217. The van der Waals surface area contributed by atoms with Crippen LogP contribution >= 0.6 is 23.5 Å². The van der Waals surface area contributed by atoms with Crippen molar-refractivity contribution in [1.82, 2.24) is 20.4 Å². The number of benzene rings is 2. The van der Waals surface area contributed by atoms with E-state index in [4.69, 9.17) is 31.4 Å². The fourth-order valence-electron chi connectivity index (χ4n) is 3.70. The number of carbonyl (C=O) groups is 2. The Morgan fingerprint density at radius 1 is 0.640 bits per heavy atom. The lowest BCUT2D eigenvalue weighted by Crippen LogP contribution is -2.47. The van der Waals surface area contributed by atoms with Crippen LogP contribution in [-0.4, -0.2) is 110 Å². The van der Waals surface area contributed by atoms with Gasteiger partial charge in [0.1, 0.15) is 0 Å². The molecule has 0 bridgehead atoms. The molecule has 0 fully saturated rings. The predicted octanol–water partition coefficient (Wildman–Crippen LogP) is 3.73. The molecule has 50 heavy (non-hydrogen) atoms. The number of amides is 4. The summed E-state index contributed by atoms with van der Waals surface area (Å²) in [5.74, 6) is 1.20. The number of unbranched alkanes of at least 4 members (excludes halogenated alkanes) is 3. The third kappa shape index (κ3) is 29.4. The maximum atomic E-state index is 12.5. The van der Waals surface area contributed by atoms with E-state index in [2.05, 4.69) is 34.9 Å². The maximum absolute atomic E-state index is 12.5. The van der Waals surface area contributed by atoms with Gasteiger partial charge in [0, 0.05) is 36.0 Å². The molecule has 4 amide bonds. The number of urea groups is 2. The van der Waals surface area contributed by atoms with Crippen LogP contribution in [-0.2, 0) is 20.2 Å². The van der Waals surface area contributed by atoms with E-state index in [0.29, 0.717) is 51.5 Å². The molecule has 282 valence electrons. The molecule has 0 unspecified atom stereocenters. The Kier molecular flexibility index (Phi) is 24.4. The first-order valence-electron chi connectivity index (χ1n) is 15.4. The summed E-state index contributed by atoms with van der Waals surface area (Å²) < 4.78 is 51.7.